The van der Waals surface area contributed by atoms with Gasteiger partial charge in [-0.1, -0.05) is 19.1 Å². The monoisotopic (exact) mass is 382 g/mol. The van der Waals surface area contributed by atoms with E-state index in [1.165, 1.54) is 4.88 Å². The van der Waals surface area contributed by atoms with Gasteiger partial charge in [-0.15, -0.1) is 11.3 Å². The van der Waals surface area contributed by atoms with E-state index >= 15 is 0 Å². The minimum Gasteiger partial charge on any atom is -0.488 e. The number of benzene rings is 1. The van der Waals surface area contributed by atoms with Crippen molar-refractivity contribution in [2.75, 3.05) is 20.2 Å². The van der Waals surface area contributed by atoms with Crippen LogP contribution in [0.3, 0.4) is 0 Å². The lowest BCUT2D eigenvalue weighted by Gasteiger charge is -2.12. The Balaban J connectivity index is 1.76. The molecule has 0 aliphatic heterocycles. The summed E-state index contributed by atoms with van der Waals surface area (Å²) in [7, 11) is 1.70. The number of nitrogens with one attached hydrogen (secondary N) is 2. The van der Waals surface area contributed by atoms with Gasteiger partial charge in [-0.2, -0.15) is 0 Å². The standard InChI is InChI=1S/C18H24F2N4OS/c1-3-15-11-23-17(26-15)7-8-22-18(21-2)24-10-13-5-4-6-14(9-13)25-12-16(19)20/h4-6,9,11,16H,3,7-8,10,12H2,1-2H3,(H2,21,22,24). The molecule has 0 radical (unpaired) electrons. The minimum atomic E-state index is -2.48. The SMILES string of the molecule is CCc1cnc(CCNC(=NC)NCc2cccc(OCC(F)F)c2)s1. The molecule has 0 amide bonds. The summed E-state index contributed by atoms with van der Waals surface area (Å²) in [6.45, 7) is 2.77. The van der Waals surface area contributed by atoms with Crippen LogP contribution >= 0.6 is 11.3 Å². The molecule has 1 heterocycles. The fourth-order valence-electron chi connectivity index (χ4n) is 2.23. The highest BCUT2D eigenvalue weighted by Gasteiger charge is 2.05. The molecule has 1 aromatic heterocycles. The van der Waals surface area contributed by atoms with Crippen LogP contribution in [0, 0.1) is 0 Å². The van der Waals surface area contributed by atoms with Crippen LogP contribution in [0.4, 0.5) is 8.78 Å². The van der Waals surface area contributed by atoms with Gasteiger partial charge in [-0.05, 0) is 24.1 Å². The Bertz CT molecular complexity index is 706. The first-order valence-corrected chi connectivity index (χ1v) is 9.30. The topological polar surface area (TPSA) is 58.5 Å². The molecule has 1 aromatic carbocycles. The quantitative estimate of drug-likeness (QED) is 0.516. The highest BCUT2D eigenvalue weighted by molar-refractivity contribution is 7.11. The molecule has 0 saturated heterocycles. The molecule has 0 spiro atoms. The number of nitrogens with zero attached hydrogens (tertiary/aromatic N) is 2. The molecule has 5 nitrogen and oxygen atoms in total. The van der Waals surface area contributed by atoms with Gasteiger partial charge in [0.25, 0.3) is 6.43 Å². The molecule has 0 aliphatic rings. The minimum absolute atomic E-state index is 0.433. The van der Waals surface area contributed by atoms with Gasteiger partial charge in [0.05, 0.1) is 5.01 Å². The van der Waals surface area contributed by atoms with E-state index in [1.807, 2.05) is 12.3 Å². The lowest BCUT2D eigenvalue weighted by atomic mass is 10.2. The van der Waals surface area contributed by atoms with Gasteiger partial charge in [0.15, 0.2) is 5.96 Å². The number of hydrogen-bond donors (Lipinski definition) is 2. The number of ether oxygens (including phenoxy) is 1. The zero-order chi connectivity index (χ0) is 18.8. The Kier molecular flexibility index (Phi) is 8.27. The first-order chi connectivity index (χ1) is 12.6. The van der Waals surface area contributed by atoms with Crippen LogP contribution in [0.2, 0.25) is 0 Å². The van der Waals surface area contributed by atoms with Crippen molar-refractivity contribution in [3.05, 3.63) is 45.9 Å². The van der Waals surface area contributed by atoms with Crippen molar-refractivity contribution in [2.24, 2.45) is 4.99 Å². The summed E-state index contributed by atoms with van der Waals surface area (Å²) in [6.07, 6.45) is 1.29. The van der Waals surface area contributed by atoms with Crippen molar-refractivity contribution in [1.82, 2.24) is 15.6 Å². The third-order valence-corrected chi connectivity index (χ3v) is 4.74. The average Bonchev–Trinajstić information content (AvgIpc) is 3.11. The number of aliphatic imine (C=N–C) groups is 1. The molecule has 2 aromatic rings. The van der Waals surface area contributed by atoms with E-state index < -0.39 is 13.0 Å². The maximum Gasteiger partial charge on any atom is 0.272 e. The Morgan fingerprint density at radius 3 is 2.88 bits per heavy atom. The predicted molar refractivity (Wildman–Crippen MR) is 101 cm³/mol. The smallest absolute Gasteiger partial charge is 0.272 e. The van der Waals surface area contributed by atoms with Crippen molar-refractivity contribution in [1.29, 1.82) is 0 Å². The fraction of sp³-hybridized carbons (Fsp3) is 0.444. The number of alkyl halides is 2. The molecular formula is C18H24F2N4OS. The van der Waals surface area contributed by atoms with Crippen LogP contribution in [0.5, 0.6) is 5.75 Å². The molecule has 0 aliphatic carbocycles. The van der Waals surface area contributed by atoms with Crippen LogP contribution in [0.1, 0.15) is 22.4 Å². The number of halogens is 2. The Morgan fingerprint density at radius 1 is 1.35 bits per heavy atom. The molecule has 0 saturated carbocycles. The van der Waals surface area contributed by atoms with E-state index in [4.69, 9.17) is 4.74 Å². The lowest BCUT2D eigenvalue weighted by molar-refractivity contribution is 0.0818. The van der Waals surface area contributed by atoms with Gasteiger partial charge in [0, 0.05) is 37.6 Å². The van der Waals surface area contributed by atoms with Crippen molar-refractivity contribution >= 4 is 17.3 Å². The molecule has 2 N–H and O–H groups in total. The number of aromatic nitrogens is 1. The van der Waals surface area contributed by atoms with Gasteiger partial charge in [0.2, 0.25) is 0 Å². The summed E-state index contributed by atoms with van der Waals surface area (Å²) in [4.78, 5) is 9.87. The van der Waals surface area contributed by atoms with E-state index in [0.29, 0.717) is 18.3 Å². The molecule has 2 rings (SSSR count). The molecule has 8 heteroatoms. The van der Waals surface area contributed by atoms with Gasteiger partial charge in [-0.3, -0.25) is 4.99 Å². The summed E-state index contributed by atoms with van der Waals surface area (Å²) in [6, 6.07) is 7.08. The van der Waals surface area contributed by atoms with Gasteiger partial charge < -0.3 is 15.4 Å². The third kappa shape index (κ3) is 6.95. The van der Waals surface area contributed by atoms with E-state index in [0.717, 1.165) is 30.0 Å². The average molecular weight is 382 g/mol. The summed E-state index contributed by atoms with van der Waals surface area (Å²) >= 11 is 1.73. The maximum atomic E-state index is 12.2. The van der Waals surface area contributed by atoms with Gasteiger partial charge in [-0.25, -0.2) is 13.8 Å². The molecule has 142 valence electrons. The predicted octanol–water partition coefficient (Wildman–Crippen LogP) is 3.26. The molecule has 0 unspecified atom stereocenters. The van der Waals surface area contributed by atoms with E-state index in [-0.39, 0.29) is 0 Å². The molecule has 0 bridgehead atoms. The van der Waals surface area contributed by atoms with E-state index in [2.05, 4.69) is 27.5 Å². The van der Waals surface area contributed by atoms with Crippen molar-refractivity contribution < 1.29 is 13.5 Å². The summed E-state index contributed by atoms with van der Waals surface area (Å²) in [5.41, 5.74) is 0.923. The first-order valence-electron chi connectivity index (χ1n) is 8.48. The van der Waals surface area contributed by atoms with Gasteiger partial charge >= 0.3 is 0 Å². The second-order valence-electron chi connectivity index (χ2n) is 5.53. The zero-order valence-corrected chi connectivity index (χ0v) is 15.8. The largest absolute Gasteiger partial charge is 0.488 e. The second-order valence-corrected chi connectivity index (χ2v) is 6.73. The van der Waals surface area contributed by atoms with Crippen molar-refractivity contribution in [2.45, 2.75) is 32.7 Å². The number of guanidine groups is 1. The molecule has 0 atom stereocenters. The molecule has 0 fully saturated rings. The maximum absolute atomic E-state index is 12.2. The van der Waals surface area contributed by atoms with Crippen LogP contribution < -0.4 is 15.4 Å². The van der Waals surface area contributed by atoms with E-state index in [1.54, 1.807) is 36.6 Å². The highest BCUT2D eigenvalue weighted by Crippen LogP contribution is 2.14. The second kappa shape index (κ2) is 10.7. The van der Waals surface area contributed by atoms with Crippen LogP contribution in [0.15, 0.2) is 35.5 Å². The van der Waals surface area contributed by atoms with Crippen molar-refractivity contribution in [3.8, 4) is 5.75 Å². The normalized spacial score (nSPS) is 11.7. The lowest BCUT2D eigenvalue weighted by Crippen LogP contribution is -2.37. The summed E-state index contributed by atoms with van der Waals surface area (Å²) in [5, 5.41) is 7.55. The molecular weight excluding hydrogens is 358 g/mol. The van der Waals surface area contributed by atoms with Gasteiger partial charge in [0.1, 0.15) is 12.4 Å². The van der Waals surface area contributed by atoms with Crippen LogP contribution in [-0.4, -0.2) is 37.6 Å². The van der Waals surface area contributed by atoms with Crippen molar-refractivity contribution in [3.63, 3.8) is 0 Å². The number of aryl methyl sites for hydroxylation is 1. The Morgan fingerprint density at radius 2 is 2.19 bits per heavy atom. The molecule has 26 heavy (non-hydrogen) atoms. The van der Waals surface area contributed by atoms with Crippen LogP contribution in [0.25, 0.3) is 0 Å². The summed E-state index contributed by atoms with van der Waals surface area (Å²) in [5.74, 6) is 1.11. The Hall–Kier alpha value is -2.22. The number of thiazole rings is 1. The van der Waals surface area contributed by atoms with E-state index in [9.17, 15) is 8.78 Å². The number of hydrogen-bond acceptors (Lipinski definition) is 4. The van der Waals surface area contributed by atoms with Crippen LogP contribution in [-0.2, 0) is 19.4 Å². The fourth-order valence-corrected chi connectivity index (χ4v) is 3.09. The summed E-state index contributed by atoms with van der Waals surface area (Å²) < 4.78 is 29.5. The zero-order valence-electron chi connectivity index (χ0n) is 15.0. The third-order valence-electron chi connectivity index (χ3n) is 3.54. The Labute approximate surface area is 156 Å². The highest BCUT2D eigenvalue weighted by atomic mass is 32.1. The first kappa shape index (κ1) is 20.1. The number of rotatable bonds is 9.